The first-order valence-corrected chi connectivity index (χ1v) is 7.51. The Morgan fingerprint density at radius 3 is 2.95 bits per heavy atom. The Labute approximate surface area is 121 Å². The number of guanidine groups is 1. The van der Waals surface area contributed by atoms with Crippen molar-refractivity contribution in [3.8, 4) is 0 Å². The molecular weight excluding hydrogens is 250 g/mol. The van der Waals surface area contributed by atoms with Gasteiger partial charge in [0.25, 0.3) is 0 Å². The number of benzene rings is 1. The van der Waals surface area contributed by atoms with E-state index in [0.717, 1.165) is 39.0 Å². The maximum Gasteiger partial charge on any atom is 0.188 e. The molecule has 0 amide bonds. The molecule has 1 aromatic rings. The van der Waals surface area contributed by atoms with Gasteiger partial charge in [-0.25, -0.2) is 0 Å². The number of aliphatic imine (C=N–C) groups is 1. The molecule has 1 heterocycles. The van der Waals surface area contributed by atoms with Crippen LogP contribution in [-0.4, -0.2) is 25.7 Å². The van der Waals surface area contributed by atoms with Crippen molar-refractivity contribution < 1.29 is 4.74 Å². The Hall–Kier alpha value is -1.55. The van der Waals surface area contributed by atoms with Gasteiger partial charge in [0, 0.05) is 25.6 Å². The first kappa shape index (κ1) is 14.9. The van der Waals surface area contributed by atoms with Crippen LogP contribution in [0.1, 0.15) is 37.9 Å². The van der Waals surface area contributed by atoms with Gasteiger partial charge in [0.2, 0.25) is 0 Å². The molecule has 4 nitrogen and oxygen atoms in total. The van der Waals surface area contributed by atoms with Gasteiger partial charge < -0.3 is 15.8 Å². The molecule has 2 unspecified atom stereocenters. The first-order chi connectivity index (χ1) is 9.81. The van der Waals surface area contributed by atoms with Crippen LogP contribution in [0.15, 0.2) is 35.3 Å². The van der Waals surface area contributed by atoms with E-state index >= 15 is 0 Å². The average molecular weight is 275 g/mol. The minimum absolute atomic E-state index is 0.146. The van der Waals surface area contributed by atoms with E-state index in [1.165, 1.54) is 5.56 Å². The third-order valence-electron chi connectivity index (χ3n) is 3.63. The van der Waals surface area contributed by atoms with Crippen molar-refractivity contribution in [1.82, 2.24) is 5.32 Å². The molecule has 1 aliphatic rings. The normalized spacial score (nSPS) is 23.6. The Bertz CT molecular complexity index is 419. The first-order valence-electron chi connectivity index (χ1n) is 7.51. The molecule has 3 N–H and O–H groups in total. The van der Waals surface area contributed by atoms with E-state index in [2.05, 4.69) is 41.5 Å². The second kappa shape index (κ2) is 7.90. The zero-order valence-corrected chi connectivity index (χ0v) is 12.2. The summed E-state index contributed by atoms with van der Waals surface area (Å²) in [4.78, 5) is 4.46. The fraction of sp³-hybridized carbons (Fsp3) is 0.562. The standard InChI is InChI=1S/C16H25N3O/c1-2-10-18-16(17)19-12-14-9-6-11-20-15(14)13-7-4-3-5-8-13/h3-5,7-8,14-15H,2,6,9-12H2,1H3,(H3,17,18,19). The summed E-state index contributed by atoms with van der Waals surface area (Å²) in [5, 5.41) is 3.11. The highest BCUT2D eigenvalue weighted by Gasteiger charge is 2.27. The second-order valence-electron chi connectivity index (χ2n) is 5.26. The Balaban J connectivity index is 1.97. The van der Waals surface area contributed by atoms with Gasteiger partial charge in [-0.05, 0) is 24.8 Å². The largest absolute Gasteiger partial charge is 0.373 e. The fourth-order valence-corrected chi connectivity index (χ4v) is 2.57. The summed E-state index contributed by atoms with van der Waals surface area (Å²) in [6.45, 7) is 4.55. The van der Waals surface area contributed by atoms with E-state index in [9.17, 15) is 0 Å². The van der Waals surface area contributed by atoms with Crippen molar-refractivity contribution in [3.05, 3.63) is 35.9 Å². The van der Waals surface area contributed by atoms with E-state index in [1.807, 2.05) is 6.07 Å². The van der Waals surface area contributed by atoms with Gasteiger partial charge in [0.15, 0.2) is 5.96 Å². The summed E-state index contributed by atoms with van der Waals surface area (Å²) in [7, 11) is 0. The molecule has 1 saturated heterocycles. The molecule has 4 heteroatoms. The van der Waals surface area contributed by atoms with Gasteiger partial charge in [-0.1, -0.05) is 37.3 Å². The van der Waals surface area contributed by atoms with E-state index in [1.54, 1.807) is 0 Å². The van der Waals surface area contributed by atoms with Crippen molar-refractivity contribution in [3.63, 3.8) is 0 Å². The molecule has 2 atom stereocenters. The summed E-state index contributed by atoms with van der Waals surface area (Å²) < 4.78 is 5.96. The quantitative estimate of drug-likeness (QED) is 0.641. The molecule has 0 spiro atoms. The van der Waals surface area contributed by atoms with Gasteiger partial charge in [-0.2, -0.15) is 0 Å². The van der Waals surface area contributed by atoms with Gasteiger partial charge >= 0.3 is 0 Å². The van der Waals surface area contributed by atoms with Crippen molar-refractivity contribution in [2.24, 2.45) is 16.6 Å². The highest BCUT2D eigenvalue weighted by atomic mass is 16.5. The molecule has 2 rings (SSSR count). The Morgan fingerprint density at radius 1 is 1.40 bits per heavy atom. The number of nitrogens with zero attached hydrogens (tertiary/aromatic N) is 1. The molecule has 0 radical (unpaired) electrons. The molecule has 1 aromatic carbocycles. The average Bonchev–Trinajstić information content (AvgIpc) is 2.52. The van der Waals surface area contributed by atoms with Gasteiger partial charge in [-0.15, -0.1) is 0 Å². The van der Waals surface area contributed by atoms with Crippen molar-refractivity contribution in [2.75, 3.05) is 19.7 Å². The van der Waals surface area contributed by atoms with Gasteiger partial charge in [-0.3, -0.25) is 4.99 Å². The van der Waals surface area contributed by atoms with Crippen LogP contribution in [0, 0.1) is 5.92 Å². The second-order valence-corrected chi connectivity index (χ2v) is 5.26. The third-order valence-corrected chi connectivity index (χ3v) is 3.63. The van der Waals surface area contributed by atoms with E-state index in [-0.39, 0.29) is 6.10 Å². The predicted molar refractivity (Wildman–Crippen MR) is 82.6 cm³/mol. The minimum atomic E-state index is 0.146. The maximum absolute atomic E-state index is 5.96. The molecular formula is C16H25N3O. The minimum Gasteiger partial charge on any atom is -0.373 e. The van der Waals surface area contributed by atoms with Gasteiger partial charge in [0.1, 0.15) is 0 Å². The highest BCUT2D eigenvalue weighted by molar-refractivity contribution is 5.77. The van der Waals surface area contributed by atoms with E-state index in [0.29, 0.717) is 11.9 Å². The number of ether oxygens (including phenoxy) is 1. The van der Waals surface area contributed by atoms with Crippen LogP contribution in [0.2, 0.25) is 0 Å². The molecule has 0 aliphatic carbocycles. The van der Waals surface area contributed by atoms with Crippen LogP contribution >= 0.6 is 0 Å². The van der Waals surface area contributed by atoms with Crippen molar-refractivity contribution >= 4 is 5.96 Å². The molecule has 0 bridgehead atoms. The molecule has 0 saturated carbocycles. The Morgan fingerprint density at radius 2 is 2.20 bits per heavy atom. The number of nitrogens with two attached hydrogens (primary N) is 1. The summed E-state index contributed by atoms with van der Waals surface area (Å²) >= 11 is 0. The van der Waals surface area contributed by atoms with Crippen LogP contribution < -0.4 is 11.1 Å². The molecule has 1 aliphatic heterocycles. The molecule has 1 fully saturated rings. The molecule has 20 heavy (non-hydrogen) atoms. The van der Waals surface area contributed by atoms with Crippen LogP contribution in [0.3, 0.4) is 0 Å². The number of hydrogen-bond acceptors (Lipinski definition) is 2. The Kier molecular flexibility index (Phi) is 5.87. The zero-order valence-electron chi connectivity index (χ0n) is 12.2. The molecule has 0 aromatic heterocycles. The number of hydrogen-bond donors (Lipinski definition) is 2. The topological polar surface area (TPSA) is 59.6 Å². The summed E-state index contributed by atoms with van der Waals surface area (Å²) in [5.41, 5.74) is 7.10. The zero-order chi connectivity index (χ0) is 14.2. The lowest BCUT2D eigenvalue weighted by Gasteiger charge is -2.31. The highest BCUT2D eigenvalue weighted by Crippen LogP contribution is 2.33. The van der Waals surface area contributed by atoms with Crippen LogP contribution in [0.25, 0.3) is 0 Å². The number of nitrogens with one attached hydrogen (secondary N) is 1. The lowest BCUT2D eigenvalue weighted by atomic mass is 9.89. The van der Waals surface area contributed by atoms with Crippen LogP contribution in [0.5, 0.6) is 0 Å². The molecule has 110 valence electrons. The number of rotatable bonds is 5. The lowest BCUT2D eigenvalue weighted by molar-refractivity contribution is -0.0250. The van der Waals surface area contributed by atoms with Crippen molar-refractivity contribution in [2.45, 2.75) is 32.3 Å². The van der Waals surface area contributed by atoms with E-state index < -0.39 is 0 Å². The summed E-state index contributed by atoms with van der Waals surface area (Å²) in [5.74, 6) is 0.956. The maximum atomic E-state index is 5.96. The SMILES string of the molecule is CCCNC(N)=NCC1CCCOC1c1ccccc1. The summed E-state index contributed by atoms with van der Waals surface area (Å²) in [6, 6.07) is 10.4. The third kappa shape index (κ3) is 4.23. The van der Waals surface area contributed by atoms with Crippen LogP contribution in [-0.2, 0) is 4.74 Å². The fourth-order valence-electron chi connectivity index (χ4n) is 2.57. The smallest absolute Gasteiger partial charge is 0.188 e. The van der Waals surface area contributed by atoms with Gasteiger partial charge in [0.05, 0.1) is 6.10 Å². The predicted octanol–water partition coefficient (Wildman–Crippen LogP) is 2.47. The lowest BCUT2D eigenvalue weighted by Crippen LogP contribution is -2.33. The van der Waals surface area contributed by atoms with Crippen molar-refractivity contribution in [1.29, 1.82) is 0 Å². The van der Waals surface area contributed by atoms with E-state index in [4.69, 9.17) is 10.5 Å². The summed E-state index contributed by atoms with van der Waals surface area (Å²) in [6.07, 6.45) is 3.44. The van der Waals surface area contributed by atoms with Crippen LogP contribution in [0.4, 0.5) is 0 Å². The monoisotopic (exact) mass is 275 g/mol.